The summed E-state index contributed by atoms with van der Waals surface area (Å²) in [7, 11) is 0. The van der Waals surface area contributed by atoms with Crippen LogP contribution in [0.2, 0.25) is 10.0 Å². The molecule has 144 valence electrons. The molecule has 0 atom stereocenters. The van der Waals surface area contributed by atoms with Crippen molar-refractivity contribution in [3.63, 3.8) is 0 Å². The minimum Gasteiger partial charge on any atom is -0.324 e. The van der Waals surface area contributed by atoms with Gasteiger partial charge in [0, 0.05) is 17.3 Å². The molecule has 0 bridgehead atoms. The van der Waals surface area contributed by atoms with Crippen LogP contribution in [0.4, 0.5) is 5.69 Å². The van der Waals surface area contributed by atoms with Gasteiger partial charge in [-0.2, -0.15) is 5.10 Å². The highest BCUT2D eigenvalue weighted by atomic mass is 35.5. The quantitative estimate of drug-likeness (QED) is 0.666. The van der Waals surface area contributed by atoms with Crippen molar-refractivity contribution in [2.75, 3.05) is 5.32 Å². The van der Waals surface area contributed by atoms with E-state index in [1.165, 1.54) is 11.6 Å². The molecule has 3 aromatic rings. The van der Waals surface area contributed by atoms with Crippen LogP contribution in [0.25, 0.3) is 11.3 Å². The molecular formula is C21H19Cl2N3O2. The van der Waals surface area contributed by atoms with Crippen LogP contribution in [-0.2, 0) is 11.3 Å². The van der Waals surface area contributed by atoms with E-state index in [0.29, 0.717) is 21.4 Å². The SMILES string of the molecule is Cc1cc(C)c(-c2ccc(=O)n(CC(=O)Nc3ccc(Cl)c(Cl)c3)n2)cc1C. The third kappa shape index (κ3) is 4.43. The molecule has 0 spiro atoms. The number of benzene rings is 2. The van der Waals surface area contributed by atoms with Crippen molar-refractivity contribution in [1.82, 2.24) is 9.78 Å². The van der Waals surface area contributed by atoms with Gasteiger partial charge in [0.1, 0.15) is 6.54 Å². The normalized spacial score (nSPS) is 10.8. The molecular weight excluding hydrogens is 397 g/mol. The van der Waals surface area contributed by atoms with Gasteiger partial charge in [-0.05, 0) is 67.8 Å². The predicted molar refractivity (Wildman–Crippen MR) is 113 cm³/mol. The number of carbonyl (C=O) groups excluding carboxylic acids is 1. The molecule has 0 radical (unpaired) electrons. The molecule has 0 saturated heterocycles. The monoisotopic (exact) mass is 415 g/mol. The van der Waals surface area contributed by atoms with Crippen molar-refractivity contribution in [1.29, 1.82) is 0 Å². The lowest BCUT2D eigenvalue weighted by Crippen LogP contribution is -2.29. The Labute approximate surface area is 172 Å². The average molecular weight is 416 g/mol. The first-order valence-electron chi connectivity index (χ1n) is 8.66. The first-order chi connectivity index (χ1) is 13.2. The van der Waals surface area contributed by atoms with Gasteiger partial charge < -0.3 is 5.32 Å². The molecule has 1 amide bonds. The van der Waals surface area contributed by atoms with E-state index in [4.69, 9.17) is 23.2 Å². The summed E-state index contributed by atoms with van der Waals surface area (Å²) in [5.74, 6) is -0.387. The molecule has 0 aliphatic carbocycles. The Balaban J connectivity index is 1.86. The summed E-state index contributed by atoms with van der Waals surface area (Å²) >= 11 is 11.8. The summed E-state index contributed by atoms with van der Waals surface area (Å²) < 4.78 is 1.15. The number of aromatic nitrogens is 2. The van der Waals surface area contributed by atoms with Crippen molar-refractivity contribution in [3.05, 3.63) is 79.6 Å². The van der Waals surface area contributed by atoms with Crippen LogP contribution in [-0.4, -0.2) is 15.7 Å². The molecule has 0 unspecified atom stereocenters. The molecule has 0 fully saturated rings. The first-order valence-corrected chi connectivity index (χ1v) is 9.41. The predicted octanol–water partition coefficient (Wildman–Crippen LogP) is 4.78. The van der Waals surface area contributed by atoms with Crippen LogP contribution >= 0.6 is 23.2 Å². The fourth-order valence-electron chi connectivity index (χ4n) is 2.85. The Morgan fingerprint density at radius 1 is 0.964 bits per heavy atom. The molecule has 0 aliphatic heterocycles. The van der Waals surface area contributed by atoms with Crippen LogP contribution in [0.3, 0.4) is 0 Å². The van der Waals surface area contributed by atoms with Gasteiger partial charge in [-0.15, -0.1) is 0 Å². The van der Waals surface area contributed by atoms with Gasteiger partial charge in [0.15, 0.2) is 0 Å². The van der Waals surface area contributed by atoms with Crippen LogP contribution in [0.15, 0.2) is 47.3 Å². The Hall–Kier alpha value is -2.63. The van der Waals surface area contributed by atoms with Crippen LogP contribution in [0.5, 0.6) is 0 Å². The maximum absolute atomic E-state index is 12.4. The Bertz CT molecular complexity index is 1120. The molecule has 28 heavy (non-hydrogen) atoms. The maximum atomic E-state index is 12.4. The van der Waals surface area contributed by atoms with Gasteiger partial charge >= 0.3 is 0 Å². The molecule has 1 heterocycles. The van der Waals surface area contributed by atoms with E-state index in [-0.39, 0.29) is 18.0 Å². The molecule has 2 aromatic carbocycles. The zero-order chi connectivity index (χ0) is 20.4. The molecule has 7 heteroatoms. The van der Waals surface area contributed by atoms with Gasteiger partial charge in [0.2, 0.25) is 5.91 Å². The zero-order valence-corrected chi connectivity index (χ0v) is 17.2. The molecule has 0 saturated carbocycles. The number of hydrogen-bond acceptors (Lipinski definition) is 3. The first kappa shape index (κ1) is 20.1. The standard InChI is InChI=1S/C21H19Cl2N3O2/c1-12-8-14(3)16(9-13(12)2)19-6-7-21(28)26(25-19)11-20(27)24-15-4-5-17(22)18(23)10-15/h4-10H,11H2,1-3H3,(H,24,27). The number of nitrogens with one attached hydrogen (secondary N) is 1. The molecule has 1 aromatic heterocycles. The maximum Gasteiger partial charge on any atom is 0.267 e. The van der Waals surface area contributed by atoms with E-state index in [0.717, 1.165) is 21.4 Å². The fraction of sp³-hybridized carbons (Fsp3) is 0.190. The summed E-state index contributed by atoms with van der Waals surface area (Å²) in [6.45, 7) is 5.86. The topological polar surface area (TPSA) is 64.0 Å². The summed E-state index contributed by atoms with van der Waals surface area (Å²) in [6, 6.07) is 12.0. The third-order valence-electron chi connectivity index (χ3n) is 4.48. The van der Waals surface area contributed by atoms with Crippen molar-refractivity contribution in [2.24, 2.45) is 0 Å². The largest absolute Gasteiger partial charge is 0.324 e. The van der Waals surface area contributed by atoms with E-state index in [1.807, 2.05) is 26.8 Å². The molecule has 3 rings (SSSR count). The number of halogens is 2. The number of anilines is 1. The van der Waals surface area contributed by atoms with E-state index >= 15 is 0 Å². The van der Waals surface area contributed by atoms with Crippen molar-refractivity contribution >= 4 is 34.8 Å². The lowest BCUT2D eigenvalue weighted by Gasteiger charge is -2.12. The van der Waals surface area contributed by atoms with Crippen LogP contribution < -0.4 is 10.9 Å². The third-order valence-corrected chi connectivity index (χ3v) is 5.22. The summed E-state index contributed by atoms with van der Waals surface area (Å²) in [5.41, 5.74) is 5.10. The van der Waals surface area contributed by atoms with E-state index in [2.05, 4.69) is 16.5 Å². The second-order valence-corrected chi connectivity index (χ2v) is 7.46. The summed E-state index contributed by atoms with van der Waals surface area (Å²) in [6.07, 6.45) is 0. The number of carbonyl (C=O) groups is 1. The Kier molecular flexibility index (Phi) is 5.87. The van der Waals surface area contributed by atoms with Crippen LogP contribution in [0.1, 0.15) is 16.7 Å². The highest BCUT2D eigenvalue weighted by Crippen LogP contribution is 2.25. The average Bonchev–Trinajstić information content (AvgIpc) is 2.63. The minimum atomic E-state index is -0.387. The second-order valence-electron chi connectivity index (χ2n) is 6.64. The second kappa shape index (κ2) is 8.17. The van der Waals surface area contributed by atoms with Gasteiger partial charge in [-0.1, -0.05) is 29.3 Å². The Morgan fingerprint density at radius 2 is 1.68 bits per heavy atom. The lowest BCUT2D eigenvalue weighted by atomic mass is 9.99. The summed E-state index contributed by atoms with van der Waals surface area (Å²) in [5, 5.41) is 7.81. The van der Waals surface area contributed by atoms with Gasteiger partial charge in [-0.25, -0.2) is 4.68 Å². The fourth-order valence-corrected chi connectivity index (χ4v) is 3.15. The number of aryl methyl sites for hydroxylation is 3. The van der Waals surface area contributed by atoms with Crippen molar-refractivity contribution in [2.45, 2.75) is 27.3 Å². The van der Waals surface area contributed by atoms with E-state index in [9.17, 15) is 9.59 Å². The van der Waals surface area contributed by atoms with Crippen LogP contribution in [0, 0.1) is 20.8 Å². The number of nitrogens with zero attached hydrogens (tertiary/aromatic N) is 2. The molecule has 0 aliphatic rings. The number of hydrogen-bond donors (Lipinski definition) is 1. The lowest BCUT2D eigenvalue weighted by molar-refractivity contribution is -0.117. The number of amides is 1. The highest BCUT2D eigenvalue weighted by molar-refractivity contribution is 6.42. The van der Waals surface area contributed by atoms with E-state index < -0.39 is 0 Å². The Morgan fingerprint density at radius 3 is 2.39 bits per heavy atom. The van der Waals surface area contributed by atoms with Crippen molar-refractivity contribution < 1.29 is 4.79 Å². The summed E-state index contributed by atoms with van der Waals surface area (Å²) in [4.78, 5) is 24.5. The molecule has 5 nitrogen and oxygen atoms in total. The zero-order valence-electron chi connectivity index (χ0n) is 15.7. The number of rotatable bonds is 4. The van der Waals surface area contributed by atoms with E-state index in [1.54, 1.807) is 24.3 Å². The van der Waals surface area contributed by atoms with Crippen molar-refractivity contribution in [3.8, 4) is 11.3 Å². The molecule has 1 N–H and O–H groups in total. The highest BCUT2D eigenvalue weighted by Gasteiger charge is 2.11. The van der Waals surface area contributed by atoms with Gasteiger partial charge in [0.25, 0.3) is 5.56 Å². The van der Waals surface area contributed by atoms with Gasteiger partial charge in [0.05, 0.1) is 15.7 Å². The van der Waals surface area contributed by atoms with Gasteiger partial charge in [-0.3, -0.25) is 9.59 Å². The minimum absolute atomic E-state index is 0.211. The smallest absolute Gasteiger partial charge is 0.267 e.